The molecule has 0 saturated carbocycles. The van der Waals surface area contributed by atoms with Crippen LogP contribution in [0.4, 0.5) is 0 Å². The van der Waals surface area contributed by atoms with Crippen molar-refractivity contribution in [1.82, 2.24) is 10.3 Å². The van der Waals surface area contributed by atoms with E-state index in [4.69, 9.17) is 0 Å². The van der Waals surface area contributed by atoms with E-state index in [1.807, 2.05) is 13.0 Å². The van der Waals surface area contributed by atoms with Gasteiger partial charge in [0.2, 0.25) is 0 Å². The minimum Gasteiger partial charge on any atom is -0.347 e. The van der Waals surface area contributed by atoms with Crippen LogP contribution in [0, 0.1) is 6.92 Å². The van der Waals surface area contributed by atoms with Crippen molar-refractivity contribution in [2.75, 3.05) is 0 Å². The third-order valence-corrected chi connectivity index (χ3v) is 4.83. The monoisotopic (exact) mass is 304 g/mol. The third kappa shape index (κ3) is 2.67. The Labute approximate surface area is 136 Å². The Morgan fingerprint density at radius 3 is 3.04 bits per heavy atom. The molecule has 0 saturated heterocycles. The van der Waals surface area contributed by atoms with Gasteiger partial charge in [0.05, 0.1) is 0 Å². The first-order chi connectivity index (χ1) is 11.2. The number of nitrogens with one attached hydrogen (secondary N) is 1. The van der Waals surface area contributed by atoms with E-state index in [1.54, 1.807) is 0 Å². The Balaban J connectivity index is 1.48. The zero-order valence-electron chi connectivity index (χ0n) is 13.4. The summed E-state index contributed by atoms with van der Waals surface area (Å²) in [7, 11) is 0. The van der Waals surface area contributed by atoms with Gasteiger partial charge in [0, 0.05) is 12.2 Å². The Morgan fingerprint density at radius 1 is 1.22 bits per heavy atom. The zero-order valence-corrected chi connectivity index (χ0v) is 13.4. The van der Waals surface area contributed by atoms with Crippen LogP contribution in [0.3, 0.4) is 0 Å². The fourth-order valence-electron chi connectivity index (χ4n) is 3.58. The van der Waals surface area contributed by atoms with Crippen molar-refractivity contribution in [3.63, 3.8) is 0 Å². The van der Waals surface area contributed by atoms with E-state index >= 15 is 0 Å². The molecule has 2 aromatic rings. The molecule has 1 aromatic carbocycles. The van der Waals surface area contributed by atoms with E-state index in [9.17, 15) is 4.79 Å². The normalized spacial score (nSPS) is 14.7. The first kappa shape index (κ1) is 14.2. The van der Waals surface area contributed by atoms with Crippen molar-refractivity contribution in [1.29, 1.82) is 0 Å². The SMILES string of the molecule is Cc1nc(C(=O)NCc2ccc3c(c2)C=CC3)cc2c1CCC2. The summed E-state index contributed by atoms with van der Waals surface area (Å²) in [4.78, 5) is 16.9. The number of carbonyl (C=O) groups is 1. The summed E-state index contributed by atoms with van der Waals surface area (Å²) in [5.74, 6) is -0.0844. The number of benzene rings is 1. The van der Waals surface area contributed by atoms with Crippen molar-refractivity contribution in [3.8, 4) is 0 Å². The van der Waals surface area contributed by atoms with Crippen molar-refractivity contribution >= 4 is 12.0 Å². The minimum atomic E-state index is -0.0844. The molecule has 116 valence electrons. The minimum absolute atomic E-state index is 0.0844. The predicted octanol–water partition coefficient (Wildman–Crippen LogP) is 3.38. The highest BCUT2D eigenvalue weighted by atomic mass is 16.1. The molecule has 3 heteroatoms. The predicted molar refractivity (Wildman–Crippen MR) is 91.3 cm³/mol. The summed E-state index contributed by atoms with van der Waals surface area (Å²) in [6.07, 6.45) is 8.66. The van der Waals surface area contributed by atoms with Crippen LogP contribution in [0.25, 0.3) is 6.08 Å². The Hall–Kier alpha value is -2.42. The molecule has 1 N–H and O–H groups in total. The van der Waals surface area contributed by atoms with Crippen LogP contribution in [0.5, 0.6) is 0 Å². The quantitative estimate of drug-likeness (QED) is 0.944. The number of rotatable bonds is 3. The first-order valence-corrected chi connectivity index (χ1v) is 8.26. The lowest BCUT2D eigenvalue weighted by molar-refractivity contribution is 0.0945. The van der Waals surface area contributed by atoms with Gasteiger partial charge in [-0.2, -0.15) is 0 Å². The van der Waals surface area contributed by atoms with Gasteiger partial charge in [0.25, 0.3) is 5.91 Å². The molecule has 1 heterocycles. The van der Waals surface area contributed by atoms with E-state index in [0.717, 1.165) is 30.5 Å². The standard InChI is InChI=1S/C20H20N2O/c1-13-18-7-3-6-17(18)11-19(22-13)20(23)21-12-14-8-9-15-4-2-5-16(15)10-14/h2,5,8-11H,3-4,6-7,12H2,1H3,(H,21,23). The molecule has 0 unspecified atom stereocenters. The highest BCUT2D eigenvalue weighted by molar-refractivity contribution is 5.92. The fraction of sp³-hybridized carbons (Fsp3) is 0.300. The van der Waals surface area contributed by atoms with Gasteiger partial charge in [-0.25, -0.2) is 4.98 Å². The lowest BCUT2D eigenvalue weighted by Crippen LogP contribution is -2.24. The van der Waals surface area contributed by atoms with E-state index in [2.05, 4.69) is 40.7 Å². The number of aromatic nitrogens is 1. The summed E-state index contributed by atoms with van der Waals surface area (Å²) >= 11 is 0. The largest absolute Gasteiger partial charge is 0.347 e. The van der Waals surface area contributed by atoms with Crippen molar-refractivity contribution in [2.45, 2.75) is 39.2 Å². The smallest absolute Gasteiger partial charge is 0.270 e. The highest BCUT2D eigenvalue weighted by Gasteiger charge is 2.18. The van der Waals surface area contributed by atoms with Gasteiger partial charge in [-0.1, -0.05) is 24.3 Å². The molecule has 0 aliphatic heterocycles. The van der Waals surface area contributed by atoms with Crippen LogP contribution in [0.1, 0.15) is 50.4 Å². The van der Waals surface area contributed by atoms with Crippen LogP contribution in [0.2, 0.25) is 0 Å². The summed E-state index contributed by atoms with van der Waals surface area (Å²) in [5, 5.41) is 3.00. The number of aryl methyl sites for hydroxylation is 2. The van der Waals surface area contributed by atoms with Gasteiger partial charge in [0.1, 0.15) is 5.69 Å². The van der Waals surface area contributed by atoms with Gasteiger partial charge in [-0.3, -0.25) is 4.79 Å². The zero-order chi connectivity index (χ0) is 15.8. The number of hydrogen-bond donors (Lipinski definition) is 1. The number of pyridine rings is 1. The topological polar surface area (TPSA) is 42.0 Å². The van der Waals surface area contributed by atoms with E-state index in [0.29, 0.717) is 12.2 Å². The molecule has 2 aliphatic rings. The number of nitrogens with zero attached hydrogens (tertiary/aromatic N) is 1. The second kappa shape index (κ2) is 5.65. The van der Waals surface area contributed by atoms with Gasteiger partial charge in [-0.15, -0.1) is 0 Å². The molecule has 0 atom stereocenters. The summed E-state index contributed by atoms with van der Waals surface area (Å²) in [6, 6.07) is 8.36. The molecule has 0 radical (unpaired) electrons. The molecular formula is C20H20N2O. The number of allylic oxidation sites excluding steroid dienone is 1. The molecule has 4 rings (SSSR count). The number of fused-ring (bicyclic) bond motifs is 2. The van der Waals surface area contributed by atoms with Crippen molar-refractivity contribution in [3.05, 3.63) is 69.5 Å². The lowest BCUT2D eigenvalue weighted by Gasteiger charge is -2.09. The molecule has 0 fully saturated rings. The molecule has 1 amide bonds. The molecule has 2 aliphatic carbocycles. The molecular weight excluding hydrogens is 284 g/mol. The lowest BCUT2D eigenvalue weighted by atomic mass is 10.1. The maximum absolute atomic E-state index is 12.4. The number of carbonyl (C=O) groups excluding carboxylic acids is 1. The highest BCUT2D eigenvalue weighted by Crippen LogP contribution is 2.25. The van der Waals surface area contributed by atoms with Crippen LogP contribution in [-0.2, 0) is 25.8 Å². The van der Waals surface area contributed by atoms with Crippen LogP contribution < -0.4 is 5.32 Å². The molecule has 0 spiro atoms. The maximum atomic E-state index is 12.4. The Morgan fingerprint density at radius 2 is 2.13 bits per heavy atom. The summed E-state index contributed by atoms with van der Waals surface area (Å²) in [6.45, 7) is 2.55. The molecule has 23 heavy (non-hydrogen) atoms. The average molecular weight is 304 g/mol. The van der Waals surface area contributed by atoms with Gasteiger partial charge in [0.15, 0.2) is 0 Å². The van der Waals surface area contributed by atoms with Crippen molar-refractivity contribution in [2.24, 2.45) is 0 Å². The molecule has 0 bridgehead atoms. The van der Waals surface area contributed by atoms with Gasteiger partial charge in [-0.05, 0) is 72.6 Å². The second-order valence-electron chi connectivity index (χ2n) is 6.41. The second-order valence-corrected chi connectivity index (χ2v) is 6.41. The van der Waals surface area contributed by atoms with E-state index in [1.165, 1.54) is 28.7 Å². The summed E-state index contributed by atoms with van der Waals surface area (Å²) < 4.78 is 0. The van der Waals surface area contributed by atoms with E-state index in [-0.39, 0.29) is 5.91 Å². The number of hydrogen-bond acceptors (Lipinski definition) is 2. The van der Waals surface area contributed by atoms with Crippen LogP contribution in [-0.4, -0.2) is 10.9 Å². The number of amides is 1. The average Bonchev–Trinajstić information content (AvgIpc) is 3.20. The fourth-order valence-corrected chi connectivity index (χ4v) is 3.58. The Bertz CT molecular complexity index is 821. The van der Waals surface area contributed by atoms with Gasteiger partial charge >= 0.3 is 0 Å². The van der Waals surface area contributed by atoms with Crippen LogP contribution >= 0.6 is 0 Å². The first-order valence-electron chi connectivity index (χ1n) is 8.26. The van der Waals surface area contributed by atoms with E-state index < -0.39 is 0 Å². The maximum Gasteiger partial charge on any atom is 0.270 e. The van der Waals surface area contributed by atoms with Crippen LogP contribution in [0.15, 0.2) is 30.3 Å². The molecule has 1 aromatic heterocycles. The van der Waals surface area contributed by atoms with Gasteiger partial charge < -0.3 is 5.32 Å². The summed E-state index contributed by atoms with van der Waals surface area (Å²) in [5.41, 5.74) is 7.94. The van der Waals surface area contributed by atoms with Crippen molar-refractivity contribution < 1.29 is 4.79 Å². The molecule has 3 nitrogen and oxygen atoms in total. The Kier molecular flexibility index (Phi) is 3.49. The third-order valence-electron chi connectivity index (χ3n) is 4.83.